The quantitative estimate of drug-likeness (QED) is 0.890. The number of imidazole rings is 1. The normalized spacial score (nSPS) is 19.0. The SMILES string of the molecule is CNc1cc(C2CCN2S(=O)(=O)c2cn(C)cn2)nc(C)n1. The van der Waals surface area contributed by atoms with Crippen LogP contribution in [0.15, 0.2) is 23.6 Å². The molecule has 22 heavy (non-hydrogen) atoms. The molecule has 0 aromatic carbocycles. The summed E-state index contributed by atoms with van der Waals surface area (Å²) >= 11 is 0. The van der Waals surface area contributed by atoms with Crippen molar-refractivity contribution in [2.24, 2.45) is 7.05 Å². The van der Waals surface area contributed by atoms with Crippen LogP contribution in [0.25, 0.3) is 0 Å². The Labute approximate surface area is 129 Å². The van der Waals surface area contributed by atoms with Crippen molar-refractivity contribution in [2.75, 3.05) is 18.9 Å². The van der Waals surface area contributed by atoms with Gasteiger partial charge in [-0.2, -0.15) is 4.31 Å². The summed E-state index contributed by atoms with van der Waals surface area (Å²) in [6.07, 6.45) is 3.73. The summed E-state index contributed by atoms with van der Waals surface area (Å²) in [6, 6.07) is 1.53. The highest BCUT2D eigenvalue weighted by atomic mass is 32.2. The minimum atomic E-state index is -3.59. The molecule has 0 aliphatic carbocycles. The van der Waals surface area contributed by atoms with Crippen molar-refractivity contribution in [2.45, 2.75) is 24.4 Å². The molecule has 0 amide bonds. The highest BCUT2D eigenvalue weighted by Crippen LogP contribution is 2.37. The smallest absolute Gasteiger partial charge is 0.262 e. The molecular weight excluding hydrogens is 304 g/mol. The van der Waals surface area contributed by atoms with Crippen LogP contribution in [0.1, 0.15) is 24.0 Å². The van der Waals surface area contributed by atoms with Crippen molar-refractivity contribution < 1.29 is 8.42 Å². The Kier molecular flexibility index (Phi) is 3.61. The first-order valence-electron chi connectivity index (χ1n) is 6.95. The molecule has 1 saturated heterocycles. The van der Waals surface area contributed by atoms with Crippen LogP contribution in [0.3, 0.4) is 0 Å². The van der Waals surface area contributed by atoms with Crippen LogP contribution < -0.4 is 5.32 Å². The van der Waals surface area contributed by atoms with Crippen molar-refractivity contribution in [3.8, 4) is 0 Å². The van der Waals surface area contributed by atoms with Crippen LogP contribution in [-0.4, -0.2) is 45.8 Å². The van der Waals surface area contributed by atoms with Gasteiger partial charge >= 0.3 is 0 Å². The first-order valence-corrected chi connectivity index (χ1v) is 8.39. The van der Waals surface area contributed by atoms with Crippen LogP contribution in [0, 0.1) is 6.92 Å². The molecule has 3 heterocycles. The number of nitrogens with one attached hydrogen (secondary N) is 1. The van der Waals surface area contributed by atoms with E-state index >= 15 is 0 Å². The average Bonchev–Trinajstić information content (AvgIpc) is 2.83. The highest BCUT2D eigenvalue weighted by Gasteiger charge is 2.41. The van der Waals surface area contributed by atoms with E-state index in [9.17, 15) is 8.42 Å². The highest BCUT2D eigenvalue weighted by molar-refractivity contribution is 7.89. The van der Waals surface area contributed by atoms with E-state index in [1.54, 1.807) is 31.7 Å². The molecule has 1 aliphatic rings. The van der Waals surface area contributed by atoms with Crippen LogP contribution in [0.5, 0.6) is 0 Å². The van der Waals surface area contributed by atoms with Gasteiger partial charge in [0.1, 0.15) is 11.6 Å². The Morgan fingerprint density at radius 1 is 1.36 bits per heavy atom. The minimum Gasteiger partial charge on any atom is -0.373 e. The van der Waals surface area contributed by atoms with E-state index in [4.69, 9.17) is 0 Å². The lowest BCUT2D eigenvalue weighted by Gasteiger charge is -2.38. The third kappa shape index (κ3) is 2.46. The summed E-state index contributed by atoms with van der Waals surface area (Å²) in [6.45, 7) is 2.27. The van der Waals surface area contributed by atoms with E-state index in [0.29, 0.717) is 23.9 Å². The number of hydrogen-bond acceptors (Lipinski definition) is 6. The molecule has 1 aliphatic heterocycles. The number of sulfonamides is 1. The van der Waals surface area contributed by atoms with E-state index in [-0.39, 0.29) is 11.1 Å². The molecule has 1 N–H and O–H groups in total. The molecule has 1 fully saturated rings. The maximum atomic E-state index is 12.6. The van der Waals surface area contributed by atoms with E-state index in [1.165, 1.54) is 16.8 Å². The summed E-state index contributed by atoms with van der Waals surface area (Å²) in [5.41, 5.74) is 0.711. The fourth-order valence-electron chi connectivity index (χ4n) is 2.48. The standard InChI is InChI=1S/C13H18N6O2S/c1-9-16-10(6-12(14-2)17-9)11-4-5-19(11)22(20,21)13-7-18(3)8-15-13/h6-8,11H,4-5H2,1-3H3,(H,14,16,17). The maximum absolute atomic E-state index is 12.6. The molecular formula is C13H18N6O2S. The van der Waals surface area contributed by atoms with Gasteiger partial charge in [0.15, 0.2) is 5.03 Å². The predicted molar refractivity (Wildman–Crippen MR) is 80.8 cm³/mol. The van der Waals surface area contributed by atoms with E-state index < -0.39 is 10.0 Å². The summed E-state index contributed by atoms with van der Waals surface area (Å²) in [5, 5.41) is 3.03. The molecule has 8 nitrogen and oxygen atoms in total. The van der Waals surface area contributed by atoms with Gasteiger partial charge in [-0.05, 0) is 13.3 Å². The third-order valence-electron chi connectivity index (χ3n) is 3.68. The van der Waals surface area contributed by atoms with E-state index in [2.05, 4.69) is 20.3 Å². The molecule has 1 unspecified atom stereocenters. The lowest BCUT2D eigenvalue weighted by Crippen LogP contribution is -2.45. The van der Waals surface area contributed by atoms with Crippen molar-refractivity contribution >= 4 is 15.8 Å². The second-order valence-electron chi connectivity index (χ2n) is 5.27. The second kappa shape index (κ2) is 5.33. The first kappa shape index (κ1) is 14.9. The van der Waals surface area contributed by atoms with Gasteiger partial charge in [-0.1, -0.05) is 0 Å². The Balaban J connectivity index is 1.93. The molecule has 118 valence electrons. The molecule has 2 aromatic rings. The number of anilines is 1. The van der Waals surface area contributed by atoms with Crippen LogP contribution in [-0.2, 0) is 17.1 Å². The molecule has 3 rings (SSSR count). The van der Waals surface area contributed by atoms with E-state index in [0.717, 1.165) is 6.42 Å². The zero-order valence-corrected chi connectivity index (χ0v) is 13.5. The molecule has 0 saturated carbocycles. The monoisotopic (exact) mass is 322 g/mol. The fraction of sp³-hybridized carbons (Fsp3) is 0.462. The lowest BCUT2D eigenvalue weighted by molar-refractivity contribution is 0.196. The first-order chi connectivity index (χ1) is 10.4. The largest absolute Gasteiger partial charge is 0.373 e. The zero-order chi connectivity index (χ0) is 15.9. The van der Waals surface area contributed by atoms with Crippen LogP contribution in [0.2, 0.25) is 0 Å². The summed E-state index contributed by atoms with van der Waals surface area (Å²) in [7, 11) is -0.0754. The Hall–Kier alpha value is -2.00. The lowest BCUT2D eigenvalue weighted by atomic mass is 10.0. The van der Waals surface area contributed by atoms with Crippen LogP contribution >= 0.6 is 0 Å². The molecule has 1 atom stereocenters. The molecule has 0 spiro atoms. The molecule has 0 radical (unpaired) electrons. The Morgan fingerprint density at radius 3 is 2.68 bits per heavy atom. The van der Waals surface area contributed by atoms with Crippen LogP contribution in [0.4, 0.5) is 5.82 Å². The van der Waals surface area contributed by atoms with Gasteiger partial charge in [0.25, 0.3) is 10.0 Å². The summed E-state index contributed by atoms with van der Waals surface area (Å²) in [4.78, 5) is 12.6. The Morgan fingerprint density at radius 2 is 2.14 bits per heavy atom. The van der Waals surface area contributed by atoms with Gasteiger partial charge in [-0.25, -0.2) is 23.4 Å². The summed E-state index contributed by atoms with van der Waals surface area (Å²) in [5.74, 6) is 1.30. The third-order valence-corrected chi connectivity index (χ3v) is 5.47. The van der Waals surface area contributed by atoms with Crippen molar-refractivity contribution in [3.63, 3.8) is 0 Å². The number of aromatic nitrogens is 4. The number of rotatable bonds is 4. The zero-order valence-electron chi connectivity index (χ0n) is 12.7. The minimum absolute atomic E-state index is 0.0688. The predicted octanol–water partition coefficient (Wildman–Crippen LogP) is 0.696. The molecule has 0 bridgehead atoms. The Bertz CT molecular complexity index is 801. The second-order valence-corrected chi connectivity index (χ2v) is 7.11. The van der Waals surface area contributed by atoms with Gasteiger partial charge in [0.05, 0.1) is 18.1 Å². The van der Waals surface area contributed by atoms with Crippen molar-refractivity contribution in [1.29, 1.82) is 0 Å². The summed E-state index contributed by atoms with van der Waals surface area (Å²) < 4.78 is 28.3. The van der Waals surface area contributed by atoms with Crippen molar-refractivity contribution in [3.05, 3.63) is 30.1 Å². The molecule has 9 heteroatoms. The van der Waals surface area contributed by atoms with Gasteiger partial charge in [0, 0.05) is 32.9 Å². The number of aryl methyl sites for hydroxylation is 2. The fourth-order valence-corrected chi connectivity index (χ4v) is 4.09. The maximum Gasteiger partial charge on any atom is 0.262 e. The average molecular weight is 322 g/mol. The van der Waals surface area contributed by atoms with Gasteiger partial charge in [-0.15, -0.1) is 0 Å². The topological polar surface area (TPSA) is 93.0 Å². The van der Waals surface area contributed by atoms with Gasteiger partial charge in [0.2, 0.25) is 0 Å². The number of nitrogens with zero attached hydrogens (tertiary/aromatic N) is 5. The number of hydrogen-bond donors (Lipinski definition) is 1. The molecule has 2 aromatic heterocycles. The van der Waals surface area contributed by atoms with Crippen molar-refractivity contribution in [1.82, 2.24) is 23.8 Å². The van der Waals surface area contributed by atoms with Gasteiger partial charge < -0.3 is 9.88 Å². The van der Waals surface area contributed by atoms with E-state index in [1.807, 2.05) is 0 Å². The van der Waals surface area contributed by atoms with Gasteiger partial charge in [-0.3, -0.25) is 0 Å².